The summed E-state index contributed by atoms with van der Waals surface area (Å²) in [6.45, 7) is 0. The lowest BCUT2D eigenvalue weighted by Crippen LogP contribution is -1.97. The first-order valence-corrected chi connectivity index (χ1v) is 17.8. The third-order valence-corrected chi connectivity index (χ3v) is 10.4. The summed E-state index contributed by atoms with van der Waals surface area (Å²) in [5.41, 5.74) is 16.4. The van der Waals surface area contributed by atoms with Gasteiger partial charge in [0.1, 0.15) is 11.1 Å². The first-order valence-electron chi connectivity index (χ1n) is 17.8. The summed E-state index contributed by atoms with van der Waals surface area (Å²) in [4.78, 5) is 15.3. The fraction of sp³-hybridized carbons (Fsp3) is 0. The highest BCUT2D eigenvalue weighted by Crippen LogP contribution is 2.49. The average Bonchev–Trinajstić information content (AvgIpc) is 3.78. The van der Waals surface area contributed by atoms with E-state index in [2.05, 4.69) is 109 Å². The topological polar surface area (TPSA) is 51.8 Å². The molecule has 0 atom stereocenters. The summed E-state index contributed by atoms with van der Waals surface area (Å²) in [6, 6.07) is 59.6. The average molecular weight is 676 g/mol. The highest BCUT2D eigenvalue weighted by Gasteiger charge is 2.23. The summed E-state index contributed by atoms with van der Waals surface area (Å²) in [5.74, 6) is 0.654. The second-order valence-electron chi connectivity index (χ2n) is 13.6. The first kappa shape index (κ1) is 29.5. The smallest absolute Gasteiger partial charge is 0.161 e. The zero-order valence-electron chi connectivity index (χ0n) is 28.5. The Bertz CT molecular complexity index is 3000. The second kappa shape index (κ2) is 11.7. The molecule has 0 amide bonds. The van der Waals surface area contributed by atoms with Crippen molar-refractivity contribution in [3.05, 3.63) is 176 Å². The Morgan fingerprint density at radius 1 is 0.396 bits per heavy atom. The highest BCUT2D eigenvalue weighted by atomic mass is 16.3. The van der Waals surface area contributed by atoms with Gasteiger partial charge in [-0.2, -0.15) is 0 Å². The lowest BCUT2D eigenvalue weighted by molar-refractivity contribution is 0.669. The van der Waals surface area contributed by atoms with Gasteiger partial charge in [0.15, 0.2) is 11.4 Å². The zero-order chi connectivity index (χ0) is 34.9. The maximum atomic E-state index is 6.53. The SMILES string of the molecule is c1ccc(-c2cc(-c3ccccc3)nc(-c3cc(-c4cc5c6c(cccc6c4)-c4ccccc4-5)cc(-c4ccnc5c4oc4ccccc45)c3)n2)cc1. The predicted octanol–water partition coefficient (Wildman–Crippen LogP) is 12.9. The molecule has 0 unspecified atom stereocenters. The summed E-state index contributed by atoms with van der Waals surface area (Å²) in [5, 5.41) is 3.52. The van der Waals surface area contributed by atoms with Gasteiger partial charge < -0.3 is 4.42 Å². The lowest BCUT2D eigenvalue weighted by atomic mass is 9.92. The number of furan rings is 1. The summed E-state index contributed by atoms with van der Waals surface area (Å²) < 4.78 is 6.53. The molecule has 0 bridgehead atoms. The van der Waals surface area contributed by atoms with Crippen molar-refractivity contribution >= 4 is 32.8 Å². The third kappa shape index (κ3) is 4.80. The molecule has 0 aliphatic heterocycles. The van der Waals surface area contributed by atoms with Gasteiger partial charge in [-0.05, 0) is 104 Å². The van der Waals surface area contributed by atoms with Crippen LogP contribution in [-0.2, 0) is 0 Å². The van der Waals surface area contributed by atoms with E-state index in [1.54, 1.807) is 0 Å². The Morgan fingerprint density at radius 3 is 1.79 bits per heavy atom. The Kier molecular flexibility index (Phi) is 6.52. The van der Waals surface area contributed by atoms with Gasteiger partial charge in [-0.15, -0.1) is 0 Å². The number of rotatable bonds is 5. The van der Waals surface area contributed by atoms with Crippen LogP contribution in [0.1, 0.15) is 0 Å². The minimum Gasteiger partial charge on any atom is -0.454 e. The maximum Gasteiger partial charge on any atom is 0.161 e. The minimum absolute atomic E-state index is 0.654. The second-order valence-corrected chi connectivity index (χ2v) is 13.6. The van der Waals surface area contributed by atoms with Crippen molar-refractivity contribution in [1.29, 1.82) is 0 Å². The summed E-state index contributed by atoms with van der Waals surface area (Å²) in [6.07, 6.45) is 1.88. The number of pyridine rings is 1. The standard InChI is InChI=1S/C49H29N3O/c1-3-12-30(13-4-1)43-29-44(31-14-5-2-6-15-31)52-49(51-43)36-26-33(25-35(27-36)37-22-23-50-47-41-19-9-10-21-45(41)53-48(37)47)34-24-32-16-11-20-40-38-17-7-8-18-39(38)42(28-34)46(32)40/h1-29H. The number of benzene rings is 7. The molecular weight excluding hydrogens is 647 g/mol. The van der Waals surface area contributed by atoms with Crippen LogP contribution in [0.25, 0.3) is 111 Å². The van der Waals surface area contributed by atoms with Crippen molar-refractivity contribution in [3.63, 3.8) is 0 Å². The van der Waals surface area contributed by atoms with Gasteiger partial charge in [0, 0.05) is 33.8 Å². The number of aromatic nitrogens is 3. The van der Waals surface area contributed by atoms with Crippen molar-refractivity contribution in [2.75, 3.05) is 0 Å². The third-order valence-electron chi connectivity index (χ3n) is 10.4. The zero-order valence-corrected chi connectivity index (χ0v) is 28.5. The molecule has 4 nitrogen and oxygen atoms in total. The van der Waals surface area contributed by atoms with E-state index in [0.29, 0.717) is 5.82 Å². The lowest BCUT2D eigenvalue weighted by Gasteiger charge is -2.14. The van der Waals surface area contributed by atoms with Crippen LogP contribution in [0.2, 0.25) is 0 Å². The van der Waals surface area contributed by atoms with E-state index in [9.17, 15) is 0 Å². The van der Waals surface area contributed by atoms with E-state index in [0.717, 1.165) is 72.4 Å². The summed E-state index contributed by atoms with van der Waals surface area (Å²) in [7, 11) is 0. The normalized spacial score (nSPS) is 11.8. The monoisotopic (exact) mass is 675 g/mol. The molecule has 11 rings (SSSR count). The number of nitrogens with zero attached hydrogens (tertiary/aromatic N) is 3. The Balaban J connectivity index is 1.19. The van der Waals surface area contributed by atoms with E-state index in [1.807, 2.05) is 66.9 Å². The van der Waals surface area contributed by atoms with Crippen LogP contribution in [0.3, 0.4) is 0 Å². The van der Waals surface area contributed by atoms with Gasteiger partial charge in [-0.3, -0.25) is 4.98 Å². The number of para-hydroxylation sites is 1. The number of fused-ring (bicyclic) bond motifs is 6. The highest BCUT2D eigenvalue weighted by molar-refractivity contribution is 6.16. The molecule has 4 heteroatoms. The van der Waals surface area contributed by atoms with Crippen molar-refractivity contribution in [3.8, 4) is 78.4 Å². The van der Waals surface area contributed by atoms with Crippen LogP contribution < -0.4 is 0 Å². The molecule has 0 spiro atoms. The number of hydrogen-bond acceptors (Lipinski definition) is 4. The molecule has 0 N–H and O–H groups in total. The molecule has 0 radical (unpaired) electrons. The largest absolute Gasteiger partial charge is 0.454 e. The van der Waals surface area contributed by atoms with Crippen LogP contribution in [0.15, 0.2) is 180 Å². The van der Waals surface area contributed by atoms with Crippen molar-refractivity contribution in [2.45, 2.75) is 0 Å². The van der Waals surface area contributed by atoms with Crippen LogP contribution in [0.4, 0.5) is 0 Å². The van der Waals surface area contributed by atoms with Gasteiger partial charge in [0.25, 0.3) is 0 Å². The van der Waals surface area contributed by atoms with Gasteiger partial charge in [-0.25, -0.2) is 9.97 Å². The minimum atomic E-state index is 0.654. The molecule has 0 fully saturated rings. The molecule has 3 aromatic heterocycles. The van der Waals surface area contributed by atoms with E-state index in [1.165, 1.54) is 33.0 Å². The molecular formula is C49H29N3O. The maximum absolute atomic E-state index is 6.53. The van der Waals surface area contributed by atoms with E-state index in [4.69, 9.17) is 19.4 Å². The molecule has 0 saturated heterocycles. The van der Waals surface area contributed by atoms with Gasteiger partial charge in [0.05, 0.1) is 11.4 Å². The summed E-state index contributed by atoms with van der Waals surface area (Å²) >= 11 is 0. The van der Waals surface area contributed by atoms with E-state index >= 15 is 0 Å². The van der Waals surface area contributed by atoms with Crippen LogP contribution >= 0.6 is 0 Å². The molecule has 1 aliphatic carbocycles. The van der Waals surface area contributed by atoms with Crippen LogP contribution in [0, 0.1) is 0 Å². The molecule has 246 valence electrons. The van der Waals surface area contributed by atoms with Crippen molar-refractivity contribution < 1.29 is 4.42 Å². The molecule has 7 aromatic carbocycles. The van der Waals surface area contributed by atoms with Crippen LogP contribution in [0.5, 0.6) is 0 Å². The number of hydrogen-bond donors (Lipinski definition) is 0. The van der Waals surface area contributed by atoms with Crippen LogP contribution in [-0.4, -0.2) is 15.0 Å². The van der Waals surface area contributed by atoms with E-state index < -0.39 is 0 Å². The molecule has 3 heterocycles. The van der Waals surface area contributed by atoms with Crippen molar-refractivity contribution in [1.82, 2.24) is 15.0 Å². The fourth-order valence-electron chi connectivity index (χ4n) is 7.99. The fourth-order valence-corrected chi connectivity index (χ4v) is 7.99. The van der Waals surface area contributed by atoms with Crippen molar-refractivity contribution in [2.24, 2.45) is 0 Å². The predicted molar refractivity (Wildman–Crippen MR) is 216 cm³/mol. The first-order chi connectivity index (χ1) is 26.2. The molecule has 0 saturated carbocycles. The van der Waals surface area contributed by atoms with E-state index in [-0.39, 0.29) is 0 Å². The Morgan fingerprint density at radius 2 is 1.02 bits per heavy atom. The quantitative estimate of drug-likeness (QED) is 0.182. The Hall–Kier alpha value is -7.17. The Labute approximate surface area is 305 Å². The molecule has 1 aliphatic rings. The molecule has 53 heavy (non-hydrogen) atoms. The van der Waals surface area contributed by atoms with Gasteiger partial charge in [0.2, 0.25) is 0 Å². The van der Waals surface area contributed by atoms with Gasteiger partial charge in [-0.1, -0.05) is 115 Å². The molecule has 10 aromatic rings. The van der Waals surface area contributed by atoms with Gasteiger partial charge >= 0.3 is 0 Å².